The lowest BCUT2D eigenvalue weighted by Gasteiger charge is -2.18. The highest BCUT2D eigenvalue weighted by atomic mass is 14.9. The molecule has 2 rings (SSSR count). The van der Waals surface area contributed by atoms with Crippen LogP contribution in [-0.2, 0) is 0 Å². The highest BCUT2D eigenvalue weighted by Gasteiger charge is 2.68. The highest BCUT2D eigenvalue weighted by Crippen LogP contribution is 2.74. The van der Waals surface area contributed by atoms with Crippen LogP contribution >= 0.6 is 0 Å². The summed E-state index contributed by atoms with van der Waals surface area (Å²) in [7, 11) is 0. The lowest BCUT2D eigenvalue weighted by Crippen LogP contribution is -2.19. The summed E-state index contributed by atoms with van der Waals surface area (Å²) in [5.74, 6) is 1.95. The summed E-state index contributed by atoms with van der Waals surface area (Å²) in [6.07, 6.45) is 8.84. The molecular weight excluding hydrogens is 206 g/mol. The van der Waals surface area contributed by atoms with Crippen molar-refractivity contribution in [1.82, 2.24) is 5.32 Å². The smallest absolute Gasteiger partial charge is 0.000979 e. The minimum atomic E-state index is 0.595. The maximum absolute atomic E-state index is 3.58. The van der Waals surface area contributed by atoms with E-state index in [4.69, 9.17) is 0 Å². The van der Waals surface area contributed by atoms with Crippen LogP contribution in [0.5, 0.6) is 0 Å². The van der Waals surface area contributed by atoms with Gasteiger partial charge in [0.2, 0.25) is 0 Å². The first-order chi connectivity index (χ1) is 8.08. The van der Waals surface area contributed by atoms with Crippen LogP contribution < -0.4 is 5.32 Å². The van der Waals surface area contributed by atoms with E-state index >= 15 is 0 Å². The molecule has 1 nitrogen and oxygen atoms in total. The Kier molecular flexibility index (Phi) is 3.87. The topological polar surface area (TPSA) is 12.0 Å². The number of hydrogen-bond acceptors (Lipinski definition) is 1. The van der Waals surface area contributed by atoms with E-state index in [1.54, 1.807) is 0 Å². The van der Waals surface area contributed by atoms with Crippen LogP contribution in [0.15, 0.2) is 0 Å². The molecule has 0 aliphatic heterocycles. The minimum absolute atomic E-state index is 0.595. The minimum Gasteiger partial charge on any atom is -0.317 e. The molecule has 0 aromatic rings. The van der Waals surface area contributed by atoms with Crippen molar-refractivity contribution in [1.29, 1.82) is 0 Å². The fourth-order valence-corrected chi connectivity index (χ4v) is 4.64. The predicted octanol–water partition coefficient (Wildman–Crippen LogP) is 4.23. The van der Waals surface area contributed by atoms with Crippen LogP contribution in [0, 0.1) is 22.7 Å². The molecule has 0 heterocycles. The first kappa shape index (κ1) is 13.4. The second-order valence-corrected chi connectivity index (χ2v) is 6.94. The van der Waals surface area contributed by atoms with Crippen LogP contribution in [0.25, 0.3) is 0 Å². The van der Waals surface area contributed by atoms with Crippen LogP contribution in [-0.4, -0.2) is 13.1 Å². The van der Waals surface area contributed by atoms with E-state index in [1.807, 2.05) is 0 Å². The molecular formula is C16H31N. The van der Waals surface area contributed by atoms with Gasteiger partial charge in [-0.1, -0.05) is 47.0 Å². The Morgan fingerprint density at radius 1 is 1.12 bits per heavy atom. The van der Waals surface area contributed by atoms with E-state index < -0.39 is 0 Å². The standard InChI is InChI=1S/C16H31N/c1-5-13-8-7-10-16(11-9-13)14(12-17-6-2)15(16,3)4/h13-14,17H,5-12H2,1-4H3. The molecule has 2 aliphatic carbocycles. The molecule has 3 unspecified atom stereocenters. The van der Waals surface area contributed by atoms with E-state index in [0.717, 1.165) is 18.4 Å². The predicted molar refractivity (Wildman–Crippen MR) is 75.1 cm³/mol. The normalized spacial score (nSPS) is 40.2. The third kappa shape index (κ3) is 2.16. The van der Waals surface area contributed by atoms with E-state index in [9.17, 15) is 0 Å². The summed E-state index contributed by atoms with van der Waals surface area (Å²) < 4.78 is 0. The van der Waals surface area contributed by atoms with Gasteiger partial charge in [-0.25, -0.2) is 0 Å². The van der Waals surface area contributed by atoms with E-state index in [1.165, 1.54) is 45.1 Å². The van der Waals surface area contributed by atoms with Gasteiger partial charge in [0, 0.05) is 0 Å². The summed E-state index contributed by atoms with van der Waals surface area (Å²) in [6, 6.07) is 0. The van der Waals surface area contributed by atoms with Crippen LogP contribution in [0.3, 0.4) is 0 Å². The zero-order valence-electron chi connectivity index (χ0n) is 12.3. The molecule has 2 fully saturated rings. The Hall–Kier alpha value is -0.0400. The van der Waals surface area contributed by atoms with Crippen molar-refractivity contribution in [2.24, 2.45) is 22.7 Å². The SMILES string of the molecule is CCNCC1C(C)(C)C12CCCC(CC)CC2. The van der Waals surface area contributed by atoms with Crippen molar-refractivity contribution in [3.63, 3.8) is 0 Å². The Balaban J connectivity index is 1.99. The first-order valence-electron chi connectivity index (χ1n) is 7.79. The van der Waals surface area contributed by atoms with Gasteiger partial charge in [0.25, 0.3) is 0 Å². The molecule has 1 N–H and O–H groups in total. The van der Waals surface area contributed by atoms with Crippen molar-refractivity contribution < 1.29 is 0 Å². The van der Waals surface area contributed by atoms with Crippen LogP contribution in [0.4, 0.5) is 0 Å². The fourth-order valence-electron chi connectivity index (χ4n) is 4.64. The number of nitrogens with one attached hydrogen (secondary N) is 1. The molecule has 0 bridgehead atoms. The number of hydrogen-bond donors (Lipinski definition) is 1. The summed E-state index contributed by atoms with van der Waals surface area (Å²) in [6.45, 7) is 12.0. The zero-order chi connectivity index (χ0) is 12.5. The van der Waals surface area contributed by atoms with Gasteiger partial charge in [-0.15, -0.1) is 0 Å². The molecule has 3 atom stereocenters. The monoisotopic (exact) mass is 237 g/mol. The third-order valence-corrected chi connectivity index (χ3v) is 6.15. The van der Waals surface area contributed by atoms with Gasteiger partial charge in [0.1, 0.15) is 0 Å². The van der Waals surface area contributed by atoms with E-state index in [2.05, 4.69) is 33.0 Å². The second-order valence-electron chi connectivity index (χ2n) is 6.94. The average Bonchev–Trinajstić information content (AvgIpc) is 2.86. The highest BCUT2D eigenvalue weighted by molar-refractivity contribution is 5.17. The lowest BCUT2D eigenvalue weighted by atomic mass is 9.87. The van der Waals surface area contributed by atoms with Crippen molar-refractivity contribution in [3.8, 4) is 0 Å². The van der Waals surface area contributed by atoms with E-state index in [0.29, 0.717) is 10.8 Å². The number of rotatable bonds is 4. The molecule has 2 aliphatic rings. The Morgan fingerprint density at radius 2 is 1.88 bits per heavy atom. The van der Waals surface area contributed by atoms with Gasteiger partial charge in [0.15, 0.2) is 0 Å². The first-order valence-corrected chi connectivity index (χ1v) is 7.79. The molecule has 17 heavy (non-hydrogen) atoms. The average molecular weight is 237 g/mol. The summed E-state index contributed by atoms with van der Waals surface area (Å²) >= 11 is 0. The van der Waals surface area contributed by atoms with Crippen molar-refractivity contribution in [2.75, 3.05) is 13.1 Å². The van der Waals surface area contributed by atoms with Crippen molar-refractivity contribution in [2.45, 2.75) is 66.2 Å². The molecule has 1 spiro atoms. The Bertz CT molecular complexity index is 258. The second kappa shape index (κ2) is 4.91. The third-order valence-electron chi connectivity index (χ3n) is 6.15. The van der Waals surface area contributed by atoms with Gasteiger partial charge in [-0.3, -0.25) is 0 Å². The van der Waals surface area contributed by atoms with Crippen molar-refractivity contribution in [3.05, 3.63) is 0 Å². The summed E-state index contributed by atoms with van der Waals surface area (Å²) in [5.41, 5.74) is 1.29. The molecule has 2 saturated carbocycles. The largest absolute Gasteiger partial charge is 0.317 e. The Morgan fingerprint density at radius 3 is 2.53 bits per heavy atom. The van der Waals surface area contributed by atoms with Crippen LogP contribution in [0.1, 0.15) is 66.2 Å². The van der Waals surface area contributed by atoms with Gasteiger partial charge in [0.05, 0.1) is 0 Å². The van der Waals surface area contributed by atoms with Crippen LogP contribution in [0.2, 0.25) is 0 Å². The molecule has 0 saturated heterocycles. The Labute approximate surface area is 108 Å². The lowest BCUT2D eigenvalue weighted by molar-refractivity contribution is 0.323. The van der Waals surface area contributed by atoms with Gasteiger partial charge in [-0.05, 0) is 55.0 Å². The van der Waals surface area contributed by atoms with Gasteiger partial charge >= 0.3 is 0 Å². The summed E-state index contributed by atoms with van der Waals surface area (Å²) in [4.78, 5) is 0. The molecule has 0 radical (unpaired) electrons. The van der Waals surface area contributed by atoms with Gasteiger partial charge < -0.3 is 5.32 Å². The van der Waals surface area contributed by atoms with Gasteiger partial charge in [-0.2, -0.15) is 0 Å². The quantitative estimate of drug-likeness (QED) is 0.771. The van der Waals surface area contributed by atoms with Crippen molar-refractivity contribution >= 4 is 0 Å². The molecule has 0 amide bonds. The maximum atomic E-state index is 3.58. The summed E-state index contributed by atoms with van der Waals surface area (Å²) in [5, 5.41) is 3.58. The molecule has 0 aromatic heterocycles. The molecule has 100 valence electrons. The molecule has 1 heteroatoms. The fraction of sp³-hybridized carbons (Fsp3) is 1.00. The molecule has 0 aromatic carbocycles. The maximum Gasteiger partial charge on any atom is -0.000979 e. The zero-order valence-corrected chi connectivity index (χ0v) is 12.3. The van der Waals surface area contributed by atoms with E-state index in [-0.39, 0.29) is 0 Å².